The van der Waals surface area contributed by atoms with Crippen LogP contribution in [0, 0.1) is 6.92 Å². The van der Waals surface area contributed by atoms with Crippen LogP contribution in [-0.4, -0.2) is 20.6 Å². The largest absolute Gasteiger partial charge is 0.385 e. The molecule has 0 spiro atoms. The molecule has 1 amide bonds. The lowest BCUT2D eigenvalue weighted by Gasteiger charge is -2.11. The van der Waals surface area contributed by atoms with Crippen molar-refractivity contribution in [2.24, 2.45) is 0 Å². The van der Waals surface area contributed by atoms with Crippen molar-refractivity contribution in [1.29, 1.82) is 0 Å². The molecule has 0 radical (unpaired) electrons. The summed E-state index contributed by atoms with van der Waals surface area (Å²) in [6.45, 7) is 4.30. The number of hydrogen-bond donors (Lipinski definition) is 2. The number of aryl methyl sites for hydroxylation is 1. The predicted molar refractivity (Wildman–Crippen MR) is 93.4 cm³/mol. The van der Waals surface area contributed by atoms with Gasteiger partial charge in [0.2, 0.25) is 5.91 Å². The average molecular weight is 323 g/mol. The topological polar surface area (TPSA) is 67.2 Å². The van der Waals surface area contributed by atoms with Gasteiger partial charge in [0.25, 0.3) is 0 Å². The van der Waals surface area contributed by atoms with Crippen LogP contribution in [0.25, 0.3) is 11.0 Å². The number of benzene rings is 2. The summed E-state index contributed by atoms with van der Waals surface area (Å²) in [5, 5.41) is 12.9. The highest BCUT2D eigenvalue weighted by atomic mass is 16.3. The van der Waals surface area contributed by atoms with E-state index in [9.17, 15) is 9.90 Å². The van der Waals surface area contributed by atoms with E-state index in [0.717, 1.165) is 16.6 Å². The summed E-state index contributed by atoms with van der Waals surface area (Å²) in [4.78, 5) is 16.8. The van der Waals surface area contributed by atoms with Crippen LogP contribution in [0.1, 0.15) is 30.0 Å². The zero-order chi connectivity index (χ0) is 17.1. The molecule has 1 heterocycles. The second-order valence-electron chi connectivity index (χ2n) is 5.98. The summed E-state index contributed by atoms with van der Waals surface area (Å²) in [5.74, 6) is 0.391. The minimum absolute atomic E-state index is 0.111. The Hall–Kier alpha value is -2.66. The van der Waals surface area contributed by atoms with Gasteiger partial charge < -0.3 is 15.0 Å². The van der Waals surface area contributed by atoms with Gasteiger partial charge in [-0.25, -0.2) is 4.98 Å². The molecule has 0 aliphatic rings. The molecule has 0 saturated heterocycles. The van der Waals surface area contributed by atoms with Crippen LogP contribution in [0.4, 0.5) is 0 Å². The number of imidazole rings is 1. The van der Waals surface area contributed by atoms with E-state index in [2.05, 4.69) is 10.3 Å². The third-order valence-corrected chi connectivity index (χ3v) is 3.97. The van der Waals surface area contributed by atoms with Gasteiger partial charge in [0.05, 0.1) is 11.0 Å². The van der Waals surface area contributed by atoms with Crippen molar-refractivity contribution in [3.63, 3.8) is 0 Å². The molecule has 2 aromatic carbocycles. The summed E-state index contributed by atoms with van der Waals surface area (Å²) in [6.07, 6.45) is -0.734. The molecule has 1 aromatic heterocycles. The molecule has 0 bridgehead atoms. The normalized spacial score (nSPS) is 12.3. The number of carbonyl (C=O) groups excluding carboxylic acids is 1. The Bertz CT molecular complexity index is 851. The first-order valence-electron chi connectivity index (χ1n) is 8.00. The Labute approximate surface area is 141 Å². The van der Waals surface area contributed by atoms with E-state index in [4.69, 9.17) is 0 Å². The smallest absolute Gasteiger partial charge is 0.240 e. The third kappa shape index (κ3) is 3.46. The Morgan fingerprint density at radius 3 is 2.62 bits per heavy atom. The van der Waals surface area contributed by atoms with Gasteiger partial charge in [-0.1, -0.05) is 42.0 Å². The molecule has 2 N–H and O–H groups in total. The summed E-state index contributed by atoms with van der Waals surface area (Å²) in [5.41, 5.74) is 3.87. The molecule has 3 aromatic rings. The second kappa shape index (κ2) is 6.84. The van der Waals surface area contributed by atoms with Gasteiger partial charge in [-0.15, -0.1) is 0 Å². The number of rotatable bonds is 5. The molecule has 1 unspecified atom stereocenters. The molecule has 0 aliphatic carbocycles. The number of amides is 1. The molecule has 5 heteroatoms. The van der Waals surface area contributed by atoms with E-state index in [1.165, 1.54) is 5.56 Å². The molecule has 3 rings (SSSR count). The lowest BCUT2D eigenvalue weighted by atomic mass is 10.1. The van der Waals surface area contributed by atoms with Crippen molar-refractivity contribution in [2.45, 2.75) is 33.0 Å². The number of carbonyl (C=O) groups is 1. The molecule has 124 valence electrons. The van der Waals surface area contributed by atoms with Crippen molar-refractivity contribution < 1.29 is 9.90 Å². The lowest BCUT2D eigenvalue weighted by molar-refractivity contribution is -0.121. The Balaban J connectivity index is 1.75. The highest BCUT2D eigenvalue weighted by molar-refractivity contribution is 5.81. The van der Waals surface area contributed by atoms with Crippen molar-refractivity contribution in [3.8, 4) is 0 Å². The van der Waals surface area contributed by atoms with Crippen LogP contribution in [0.2, 0.25) is 0 Å². The van der Waals surface area contributed by atoms with Crippen LogP contribution >= 0.6 is 0 Å². The fraction of sp³-hybridized carbons (Fsp3) is 0.263. The Morgan fingerprint density at radius 1 is 1.21 bits per heavy atom. The van der Waals surface area contributed by atoms with E-state index >= 15 is 0 Å². The fourth-order valence-electron chi connectivity index (χ4n) is 2.69. The van der Waals surface area contributed by atoms with Crippen molar-refractivity contribution in [2.75, 3.05) is 0 Å². The third-order valence-electron chi connectivity index (χ3n) is 3.97. The van der Waals surface area contributed by atoms with Gasteiger partial charge in [0.15, 0.2) is 0 Å². The van der Waals surface area contributed by atoms with Crippen molar-refractivity contribution in [1.82, 2.24) is 14.9 Å². The van der Waals surface area contributed by atoms with Crippen LogP contribution in [0.5, 0.6) is 0 Å². The number of aliphatic hydroxyl groups is 1. The number of aliphatic hydroxyl groups excluding tert-OH is 1. The first-order valence-corrected chi connectivity index (χ1v) is 8.00. The van der Waals surface area contributed by atoms with Gasteiger partial charge in [-0.2, -0.15) is 0 Å². The van der Waals surface area contributed by atoms with Gasteiger partial charge in [-0.3, -0.25) is 4.79 Å². The van der Waals surface area contributed by atoms with Crippen LogP contribution in [0.3, 0.4) is 0 Å². The molecular formula is C19H21N3O2. The first kappa shape index (κ1) is 16.2. The first-order chi connectivity index (χ1) is 11.5. The predicted octanol–water partition coefficient (Wildman–Crippen LogP) is 2.71. The number of aromatic nitrogens is 2. The lowest BCUT2D eigenvalue weighted by Crippen LogP contribution is -2.28. The summed E-state index contributed by atoms with van der Waals surface area (Å²) in [7, 11) is 0. The fourth-order valence-corrected chi connectivity index (χ4v) is 2.69. The van der Waals surface area contributed by atoms with E-state index in [1.54, 1.807) is 11.5 Å². The number of nitrogens with zero attached hydrogens (tertiary/aromatic N) is 2. The Kier molecular flexibility index (Phi) is 4.62. The van der Waals surface area contributed by atoms with Crippen molar-refractivity contribution >= 4 is 16.9 Å². The number of nitrogens with one attached hydrogen (secondary N) is 1. The summed E-state index contributed by atoms with van der Waals surface area (Å²) < 4.78 is 1.77. The van der Waals surface area contributed by atoms with Gasteiger partial charge >= 0.3 is 0 Å². The van der Waals surface area contributed by atoms with E-state index in [-0.39, 0.29) is 12.5 Å². The molecule has 0 aliphatic heterocycles. The number of fused-ring (bicyclic) bond motifs is 1. The standard InChI is InChI=1S/C19H21N3O2/c1-13-7-9-15(10-8-13)11-20-18(24)12-22-17-6-4-3-5-16(17)21-19(22)14(2)23/h3-10,14,23H,11-12H2,1-2H3,(H,20,24). The van der Waals surface area contributed by atoms with Gasteiger partial charge in [0, 0.05) is 6.54 Å². The summed E-state index contributed by atoms with van der Waals surface area (Å²) in [6, 6.07) is 15.6. The maximum atomic E-state index is 12.3. The minimum Gasteiger partial charge on any atom is -0.385 e. The number of hydrogen-bond acceptors (Lipinski definition) is 3. The second-order valence-corrected chi connectivity index (χ2v) is 5.98. The van der Waals surface area contributed by atoms with Crippen LogP contribution < -0.4 is 5.32 Å². The van der Waals surface area contributed by atoms with E-state index < -0.39 is 6.10 Å². The average Bonchev–Trinajstić information content (AvgIpc) is 2.93. The van der Waals surface area contributed by atoms with Gasteiger partial charge in [0.1, 0.15) is 18.5 Å². The molecule has 24 heavy (non-hydrogen) atoms. The van der Waals surface area contributed by atoms with Gasteiger partial charge in [-0.05, 0) is 31.5 Å². The molecule has 0 fully saturated rings. The SMILES string of the molecule is Cc1ccc(CNC(=O)Cn2c(C(C)O)nc3ccccc32)cc1. The van der Waals surface area contributed by atoms with Crippen LogP contribution in [0.15, 0.2) is 48.5 Å². The minimum atomic E-state index is -0.734. The zero-order valence-electron chi connectivity index (χ0n) is 13.9. The van der Waals surface area contributed by atoms with E-state index in [0.29, 0.717) is 12.4 Å². The summed E-state index contributed by atoms with van der Waals surface area (Å²) >= 11 is 0. The maximum Gasteiger partial charge on any atom is 0.240 e. The Morgan fingerprint density at radius 2 is 1.92 bits per heavy atom. The molecular weight excluding hydrogens is 302 g/mol. The highest BCUT2D eigenvalue weighted by Crippen LogP contribution is 2.20. The monoisotopic (exact) mass is 323 g/mol. The highest BCUT2D eigenvalue weighted by Gasteiger charge is 2.16. The molecule has 1 atom stereocenters. The quantitative estimate of drug-likeness (QED) is 0.758. The van der Waals surface area contributed by atoms with Crippen molar-refractivity contribution in [3.05, 3.63) is 65.5 Å². The van der Waals surface area contributed by atoms with Crippen LogP contribution in [-0.2, 0) is 17.9 Å². The number of para-hydroxylation sites is 2. The maximum absolute atomic E-state index is 12.3. The zero-order valence-corrected chi connectivity index (χ0v) is 13.9. The van der Waals surface area contributed by atoms with E-state index in [1.807, 2.05) is 55.5 Å². The molecule has 5 nitrogen and oxygen atoms in total. The molecule has 0 saturated carbocycles.